The Morgan fingerprint density at radius 1 is 1.18 bits per heavy atom. The third-order valence-electron chi connectivity index (χ3n) is 1.48. The van der Waals surface area contributed by atoms with Gasteiger partial charge in [-0.25, -0.2) is 4.79 Å². The molecule has 0 atom stereocenters. The number of unbranched alkanes of at least 4 members (excludes halogenated alkanes) is 1. The van der Waals surface area contributed by atoms with Crippen molar-refractivity contribution in [2.45, 2.75) is 53.8 Å². The number of aliphatic carboxylic acids is 1. The Morgan fingerprint density at radius 2 is 1.47 bits per heavy atom. The Morgan fingerprint density at radius 3 is 1.59 bits per heavy atom. The van der Waals surface area contributed by atoms with Crippen molar-refractivity contribution in [1.29, 1.82) is 0 Å². The van der Waals surface area contributed by atoms with Gasteiger partial charge in [0.05, 0.1) is 0 Å². The minimum absolute atomic E-state index is 0.0370. The summed E-state index contributed by atoms with van der Waals surface area (Å²) in [6.45, 7) is 14.6. The standard InChI is InChI=1S/C6H14O2.C4H10.C3H4O2/c1-4-7-6(3)8-5-2;1-3-4-2;1-2-3(4)5/h6H,4-5H2,1-3H3;3-4H2,1-2H3;2H,1H2,(H,4,5). The molecule has 0 aliphatic carbocycles. The molecule has 0 rings (SSSR count). The second kappa shape index (κ2) is 20.5. The van der Waals surface area contributed by atoms with Crippen molar-refractivity contribution < 1.29 is 19.4 Å². The Bertz CT molecular complexity index is 149. The molecular formula is C13H28O4. The van der Waals surface area contributed by atoms with Crippen LogP contribution in [-0.2, 0) is 14.3 Å². The van der Waals surface area contributed by atoms with Gasteiger partial charge in [-0.2, -0.15) is 0 Å². The molecule has 0 aromatic heterocycles. The third-order valence-corrected chi connectivity index (χ3v) is 1.48. The maximum absolute atomic E-state index is 9.25. The highest BCUT2D eigenvalue weighted by Crippen LogP contribution is 1.90. The van der Waals surface area contributed by atoms with E-state index in [1.807, 2.05) is 20.8 Å². The van der Waals surface area contributed by atoms with Gasteiger partial charge in [0.25, 0.3) is 0 Å². The fraction of sp³-hybridized carbons (Fsp3) is 0.769. The second-order valence-electron chi connectivity index (χ2n) is 3.02. The number of ether oxygens (including phenoxy) is 2. The van der Waals surface area contributed by atoms with Crippen molar-refractivity contribution in [1.82, 2.24) is 0 Å². The largest absolute Gasteiger partial charge is 0.478 e. The van der Waals surface area contributed by atoms with Crippen molar-refractivity contribution in [2.24, 2.45) is 0 Å². The molecule has 0 unspecified atom stereocenters. The van der Waals surface area contributed by atoms with E-state index in [1.54, 1.807) is 0 Å². The monoisotopic (exact) mass is 248 g/mol. The molecule has 0 saturated carbocycles. The molecule has 0 saturated heterocycles. The Kier molecular flexibility index (Phi) is 25.9. The van der Waals surface area contributed by atoms with Gasteiger partial charge >= 0.3 is 5.97 Å². The van der Waals surface area contributed by atoms with E-state index in [-0.39, 0.29) is 6.29 Å². The quantitative estimate of drug-likeness (QED) is 0.577. The summed E-state index contributed by atoms with van der Waals surface area (Å²) in [5.74, 6) is -0.981. The smallest absolute Gasteiger partial charge is 0.327 e. The molecule has 0 fully saturated rings. The molecule has 4 heteroatoms. The number of hydrogen-bond acceptors (Lipinski definition) is 3. The van der Waals surface area contributed by atoms with E-state index >= 15 is 0 Å². The molecule has 0 aliphatic rings. The zero-order valence-electron chi connectivity index (χ0n) is 11.9. The molecule has 1 N–H and O–H groups in total. The molecular weight excluding hydrogens is 220 g/mol. The maximum atomic E-state index is 9.25. The van der Waals surface area contributed by atoms with Crippen LogP contribution in [0.15, 0.2) is 12.7 Å². The lowest BCUT2D eigenvalue weighted by Crippen LogP contribution is -2.11. The summed E-state index contributed by atoms with van der Waals surface area (Å²) in [4.78, 5) is 9.25. The second-order valence-corrected chi connectivity index (χ2v) is 3.02. The summed E-state index contributed by atoms with van der Waals surface area (Å²) in [5, 5.41) is 7.60. The van der Waals surface area contributed by atoms with Crippen LogP contribution < -0.4 is 0 Å². The normalized spacial score (nSPS) is 8.59. The summed E-state index contributed by atoms with van der Waals surface area (Å²) >= 11 is 0. The number of carbonyl (C=O) groups is 1. The first-order valence-corrected chi connectivity index (χ1v) is 6.08. The fourth-order valence-corrected chi connectivity index (χ4v) is 0.518. The predicted molar refractivity (Wildman–Crippen MR) is 71.1 cm³/mol. The van der Waals surface area contributed by atoms with Crippen molar-refractivity contribution in [2.75, 3.05) is 13.2 Å². The zero-order valence-corrected chi connectivity index (χ0v) is 11.9. The van der Waals surface area contributed by atoms with E-state index in [1.165, 1.54) is 12.8 Å². The Hall–Kier alpha value is -0.870. The SMILES string of the molecule is C=CC(=O)O.CCCC.CCOC(C)OCC. The Balaban J connectivity index is -0.000000188. The van der Waals surface area contributed by atoms with Gasteiger partial charge in [-0.15, -0.1) is 0 Å². The van der Waals surface area contributed by atoms with Gasteiger partial charge in [0.2, 0.25) is 0 Å². The van der Waals surface area contributed by atoms with Crippen LogP contribution in [0.4, 0.5) is 0 Å². The molecule has 104 valence electrons. The van der Waals surface area contributed by atoms with Crippen molar-refractivity contribution in [3.63, 3.8) is 0 Å². The molecule has 0 radical (unpaired) electrons. The van der Waals surface area contributed by atoms with Crippen LogP contribution in [0.1, 0.15) is 47.5 Å². The lowest BCUT2D eigenvalue weighted by molar-refractivity contribution is -0.131. The number of hydrogen-bond donors (Lipinski definition) is 1. The van der Waals surface area contributed by atoms with Crippen LogP contribution in [-0.4, -0.2) is 30.6 Å². The summed E-state index contributed by atoms with van der Waals surface area (Å²) in [5.41, 5.74) is 0. The van der Waals surface area contributed by atoms with E-state index in [2.05, 4.69) is 20.4 Å². The van der Waals surface area contributed by atoms with Crippen LogP contribution in [0.5, 0.6) is 0 Å². The van der Waals surface area contributed by atoms with Crippen LogP contribution in [0, 0.1) is 0 Å². The minimum Gasteiger partial charge on any atom is -0.478 e. The van der Waals surface area contributed by atoms with Gasteiger partial charge in [-0.3, -0.25) is 0 Å². The fourth-order valence-electron chi connectivity index (χ4n) is 0.518. The average molecular weight is 248 g/mol. The number of carboxylic acids is 1. The molecule has 0 aromatic rings. The first-order chi connectivity index (χ1) is 7.99. The summed E-state index contributed by atoms with van der Waals surface area (Å²) < 4.78 is 10.1. The lowest BCUT2D eigenvalue weighted by Gasteiger charge is -2.09. The highest BCUT2D eigenvalue weighted by Gasteiger charge is 1.94. The minimum atomic E-state index is -0.981. The summed E-state index contributed by atoms with van der Waals surface area (Å²) in [6, 6.07) is 0. The molecule has 4 nitrogen and oxygen atoms in total. The molecule has 0 aliphatic heterocycles. The van der Waals surface area contributed by atoms with E-state index in [0.29, 0.717) is 0 Å². The summed E-state index contributed by atoms with van der Waals surface area (Å²) in [6.07, 6.45) is 3.44. The summed E-state index contributed by atoms with van der Waals surface area (Å²) in [7, 11) is 0. The van der Waals surface area contributed by atoms with Gasteiger partial charge in [-0.05, 0) is 20.8 Å². The molecule has 0 heterocycles. The molecule has 0 amide bonds. The van der Waals surface area contributed by atoms with Gasteiger partial charge in [0.15, 0.2) is 6.29 Å². The third kappa shape index (κ3) is 39.5. The van der Waals surface area contributed by atoms with Crippen molar-refractivity contribution >= 4 is 5.97 Å². The first-order valence-electron chi connectivity index (χ1n) is 6.08. The highest BCUT2D eigenvalue weighted by molar-refractivity contribution is 5.78. The van der Waals surface area contributed by atoms with Crippen molar-refractivity contribution in [3.8, 4) is 0 Å². The van der Waals surface area contributed by atoms with Crippen LogP contribution in [0.2, 0.25) is 0 Å². The zero-order chi connectivity index (χ0) is 14.1. The molecule has 0 spiro atoms. The van der Waals surface area contributed by atoms with E-state index in [0.717, 1.165) is 19.3 Å². The topological polar surface area (TPSA) is 55.8 Å². The predicted octanol–water partition coefficient (Wildman–Crippen LogP) is 3.47. The van der Waals surface area contributed by atoms with E-state index in [4.69, 9.17) is 14.6 Å². The lowest BCUT2D eigenvalue weighted by atomic mass is 10.4. The Labute approximate surface area is 106 Å². The molecule has 0 bridgehead atoms. The average Bonchev–Trinajstić information content (AvgIpc) is 2.31. The maximum Gasteiger partial charge on any atom is 0.327 e. The highest BCUT2D eigenvalue weighted by atomic mass is 16.7. The first kappa shape index (κ1) is 21.4. The van der Waals surface area contributed by atoms with Crippen LogP contribution in [0.25, 0.3) is 0 Å². The molecule has 17 heavy (non-hydrogen) atoms. The van der Waals surface area contributed by atoms with Gasteiger partial charge in [0.1, 0.15) is 0 Å². The van der Waals surface area contributed by atoms with Gasteiger partial charge in [-0.1, -0.05) is 33.3 Å². The number of rotatable bonds is 6. The van der Waals surface area contributed by atoms with E-state index in [9.17, 15) is 4.79 Å². The van der Waals surface area contributed by atoms with Crippen LogP contribution in [0.3, 0.4) is 0 Å². The molecule has 0 aromatic carbocycles. The van der Waals surface area contributed by atoms with Gasteiger partial charge < -0.3 is 14.6 Å². The van der Waals surface area contributed by atoms with Crippen molar-refractivity contribution in [3.05, 3.63) is 12.7 Å². The number of carboxylic acid groups (broad SMARTS) is 1. The van der Waals surface area contributed by atoms with Crippen LogP contribution >= 0.6 is 0 Å². The van der Waals surface area contributed by atoms with Gasteiger partial charge in [0, 0.05) is 19.3 Å². The van der Waals surface area contributed by atoms with E-state index < -0.39 is 5.97 Å².